The third kappa shape index (κ3) is 2.13. The van der Waals surface area contributed by atoms with E-state index in [0.717, 1.165) is 5.56 Å². The number of phenolic OH excluding ortho intramolecular Hbond substituents is 1. The Balaban J connectivity index is 2.31. The molecule has 0 spiro atoms. The number of nitrogens with one attached hydrogen (secondary N) is 2. The van der Waals surface area contributed by atoms with Crippen LogP contribution in [0.3, 0.4) is 0 Å². The predicted molar refractivity (Wildman–Crippen MR) is 60.0 cm³/mol. The number of hydrogen-bond donors (Lipinski definition) is 3. The monoisotopic (exact) mass is 220 g/mol. The van der Waals surface area contributed by atoms with Gasteiger partial charge in [0, 0.05) is 0 Å². The highest BCUT2D eigenvalue weighted by Crippen LogP contribution is 2.14. The lowest BCUT2D eigenvalue weighted by molar-refractivity contribution is -0.115. The van der Waals surface area contributed by atoms with Crippen LogP contribution >= 0.6 is 12.2 Å². The molecule has 1 saturated heterocycles. The number of thiocarbonyl (C=S) groups is 1. The smallest absolute Gasteiger partial charge is 0.273 e. The Bertz CT molecular complexity index is 468. The number of phenols is 1. The molecule has 1 aliphatic rings. The fourth-order valence-corrected chi connectivity index (χ4v) is 1.47. The molecule has 1 heterocycles. The molecular formula is C10H8N2O2S. The van der Waals surface area contributed by atoms with Crippen molar-refractivity contribution >= 4 is 29.3 Å². The molecule has 5 heteroatoms. The first kappa shape index (κ1) is 9.67. The molecule has 1 aromatic rings. The number of amides is 1. The van der Waals surface area contributed by atoms with Gasteiger partial charge in [-0.25, -0.2) is 0 Å². The predicted octanol–water partition coefficient (Wildman–Crippen LogP) is 0.737. The number of hydrogen-bond acceptors (Lipinski definition) is 3. The molecular weight excluding hydrogens is 212 g/mol. The van der Waals surface area contributed by atoms with Crippen LogP contribution in [0.25, 0.3) is 6.08 Å². The standard InChI is InChI=1S/C10H8N2O2S/c13-7-3-1-2-6(4-7)5-8-9(14)12-10(15)11-8/h1-5,13H,(H2,11,12,14,15). The molecule has 0 aliphatic carbocycles. The van der Waals surface area contributed by atoms with Gasteiger partial charge in [0.1, 0.15) is 11.4 Å². The quantitative estimate of drug-likeness (QED) is 0.482. The van der Waals surface area contributed by atoms with Gasteiger partial charge in [-0.3, -0.25) is 10.1 Å². The molecule has 1 aliphatic heterocycles. The Labute approximate surface area is 91.6 Å². The molecule has 1 amide bonds. The first-order valence-corrected chi connectivity index (χ1v) is 4.69. The summed E-state index contributed by atoms with van der Waals surface area (Å²) < 4.78 is 0. The molecule has 1 fully saturated rings. The first-order chi connectivity index (χ1) is 7.15. The average molecular weight is 220 g/mol. The normalized spacial score (nSPS) is 17.7. The van der Waals surface area contributed by atoms with Crippen LogP contribution < -0.4 is 10.6 Å². The Hall–Kier alpha value is -1.88. The van der Waals surface area contributed by atoms with Crippen molar-refractivity contribution in [1.29, 1.82) is 0 Å². The molecule has 0 atom stereocenters. The number of benzene rings is 1. The lowest BCUT2D eigenvalue weighted by Gasteiger charge is -1.97. The molecule has 2 rings (SSSR count). The summed E-state index contributed by atoms with van der Waals surface area (Å²) in [7, 11) is 0. The van der Waals surface area contributed by atoms with Crippen molar-refractivity contribution in [2.45, 2.75) is 0 Å². The van der Waals surface area contributed by atoms with Crippen LogP contribution in [0, 0.1) is 0 Å². The Morgan fingerprint density at radius 1 is 1.33 bits per heavy atom. The Kier molecular flexibility index (Phi) is 2.39. The van der Waals surface area contributed by atoms with Gasteiger partial charge in [-0.15, -0.1) is 0 Å². The van der Waals surface area contributed by atoms with Crippen LogP contribution in [0.15, 0.2) is 30.0 Å². The summed E-state index contributed by atoms with van der Waals surface area (Å²) in [4.78, 5) is 11.3. The fourth-order valence-electron chi connectivity index (χ4n) is 1.26. The van der Waals surface area contributed by atoms with E-state index in [1.807, 2.05) is 0 Å². The number of aromatic hydroxyl groups is 1. The van der Waals surface area contributed by atoms with Crippen LogP contribution in [0.2, 0.25) is 0 Å². The summed E-state index contributed by atoms with van der Waals surface area (Å²) in [6.45, 7) is 0. The second kappa shape index (κ2) is 3.70. The van der Waals surface area contributed by atoms with E-state index in [-0.39, 0.29) is 11.7 Å². The van der Waals surface area contributed by atoms with Crippen LogP contribution in [0.4, 0.5) is 0 Å². The molecule has 0 bridgehead atoms. The summed E-state index contributed by atoms with van der Waals surface area (Å²) in [6, 6.07) is 6.61. The minimum absolute atomic E-state index is 0.158. The van der Waals surface area contributed by atoms with E-state index in [4.69, 9.17) is 12.2 Å². The van der Waals surface area contributed by atoms with Crippen LogP contribution in [-0.2, 0) is 4.79 Å². The van der Waals surface area contributed by atoms with Gasteiger partial charge in [-0.05, 0) is 36.0 Å². The SMILES string of the molecule is O=C1NC(=S)NC1=Cc1cccc(O)c1. The van der Waals surface area contributed by atoms with Crippen LogP contribution in [-0.4, -0.2) is 16.1 Å². The van der Waals surface area contributed by atoms with Crippen LogP contribution in [0.1, 0.15) is 5.56 Å². The van der Waals surface area contributed by atoms with Gasteiger partial charge in [0.15, 0.2) is 5.11 Å². The van der Waals surface area contributed by atoms with Crippen molar-refractivity contribution < 1.29 is 9.90 Å². The first-order valence-electron chi connectivity index (χ1n) is 4.28. The number of rotatable bonds is 1. The Morgan fingerprint density at radius 3 is 2.73 bits per heavy atom. The van der Waals surface area contributed by atoms with E-state index in [2.05, 4.69) is 10.6 Å². The third-order valence-electron chi connectivity index (χ3n) is 1.90. The molecule has 0 aromatic heterocycles. The molecule has 4 nitrogen and oxygen atoms in total. The van der Waals surface area contributed by atoms with Gasteiger partial charge >= 0.3 is 0 Å². The average Bonchev–Trinajstić information content (AvgIpc) is 2.45. The zero-order valence-electron chi connectivity index (χ0n) is 7.65. The second-order valence-electron chi connectivity index (χ2n) is 3.06. The summed E-state index contributed by atoms with van der Waals surface area (Å²) in [6.07, 6.45) is 1.62. The topological polar surface area (TPSA) is 61.4 Å². The van der Waals surface area contributed by atoms with Crippen molar-refractivity contribution in [3.63, 3.8) is 0 Å². The maximum Gasteiger partial charge on any atom is 0.273 e. The van der Waals surface area contributed by atoms with Gasteiger partial charge in [-0.2, -0.15) is 0 Å². The molecule has 0 radical (unpaired) electrons. The van der Waals surface area contributed by atoms with Crippen molar-refractivity contribution in [1.82, 2.24) is 10.6 Å². The number of carbonyl (C=O) groups is 1. The highest BCUT2D eigenvalue weighted by atomic mass is 32.1. The van der Waals surface area contributed by atoms with E-state index in [1.54, 1.807) is 30.3 Å². The minimum atomic E-state index is -0.261. The van der Waals surface area contributed by atoms with E-state index in [1.165, 1.54) is 0 Å². The molecule has 3 N–H and O–H groups in total. The zero-order valence-corrected chi connectivity index (χ0v) is 8.47. The summed E-state index contributed by atoms with van der Waals surface area (Å²) in [5.41, 5.74) is 1.11. The van der Waals surface area contributed by atoms with Crippen molar-refractivity contribution in [2.24, 2.45) is 0 Å². The van der Waals surface area contributed by atoms with Gasteiger partial charge < -0.3 is 10.4 Å². The summed E-state index contributed by atoms with van der Waals surface area (Å²) in [5.74, 6) is -0.103. The number of carbonyl (C=O) groups excluding carboxylic acids is 1. The summed E-state index contributed by atoms with van der Waals surface area (Å²) >= 11 is 4.78. The maximum absolute atomic E-state index is 11.3. The lowest BCUT2D eigenvalue weighted by atomic mass is 10.2. The highest BCUT2D eigenvalue weighted by molar-refractivity contribution is 7.80. The van der Waals surface area contributed by atoms with Gasteiger partial charge in [0.2, 0.25) is 0 Å². The second-order valence-corrected chi connectivity index (χ2v) is 3.47. The van der Waals surface area contributed by atoms with Crippen molar-refractivity contribution in [3.8, 4) is 5.75 Å². The van der Waals surface area contributed by atoms with E-state index < -0.39 is 0 Å². The largest absolute Gasteiger partial charge is 0.508 e. The minimum Gasteiger partial charge on any atom is -0.508 e. The van der Waals surface area contributed by atoms with Gasteiger partial charge in [-0.1, -0.05) is 12.1 Å². The molecule has 1 aromatic carbocycles. The lowest BCUT2D eigenvalue weighted by Crippen LogP contribution is -2.21. The fraction of sp³-hybridized carbons (Fsp3) is 0. The van der Waals surface area contributed by atoms with Crippen molar-refractivity contribution in [3.05, 3.63) is 35.5 Å². The van der Waals surface area contributed by atoms with E-state index in [9.17, 15) is 9.90 Å². The van der Waals surface area contributed by atoms with E-state index >= 15 is 0 Å². The van der Waals surface area contributed by atoms with Gasteiger partial charge in [0.05, 0.1) is 0 Å². The molecule has 0 unspecified atom stereocenters. The van der Waals surface area contributed by atoms with Crippen LogP contribution in [0.5, 0.6) is 5.75 Å². The maximum atomic E-state index is 11.3. The molecule has 76 valence electrons. The van der Waals surface area contributed by atoms with E-state index in [0.29, 0.717) is 10.8 Å². The molecule has 15 heavy (non-hydrogen) atoms. The molecule has 0 saturated carbocycles. The van der Waals surface area contributed by atoms with Crippen molar-refractivity contribution in [2.75, 3.05) is 0 Å². The van der Waals surface area contributed by atoms with Gasteiger partial charge in [0.25, 0.3) is 5.91 Å². The Morgan fingerprint density at radius 2 is 2.13 bits per heavy atom. The highest BCUT2D eigenvalue weighted by Gasteiger charge is 2.19. The zero-order chi connectivity index (χ0) is 10.8. The third-order valence-corrected chi connectivity index (χ3v) is 2.11. The summed E-state index contributed by atoms with van der Waals surface area (Å²) in [5, 5.41) is 14.7.